The van der Waals surface area contributed by atoms with Crippen molar-refractivity contribution in [2.24, 2.45) is 4.99 Å². The van der Waals surface area contributed by atoms with Gasteiger partial charge in [-0.25, -0.2) is 13.8 Å². The maximum atomic E-state index is 13.7. The highest BCUT2D eigenvalue weighted by molar-refractivity contribution is 6.15. The van der Waals surface area contributed by atoms with E-state index in [1.54, 1.807) is 34.8 Å². The van der Waals surface area contributed by atoms with Crippen LogP contribution in [0.1, 0.15) is 52.1 Å². The monoisotopic (exact) mass is 470 g/mol. The summed E-state index contributed by atoms with van der Waals surface area (Å²) in [6, 6.07) is 24.1. The van der Waals surface area contributed by atoms with Crippen LogP contribution in [0.25, 0.3) is 0 Å². The van der Waals surface area contributed by atoms with Crippen LogP contribution in [0.4, 0.5) is 20.2 Å². The van der Waals surface area contributed by atoms with E-state index in [-0.39, 0.29) is 17.5 Å². The van der Waals surface area contributed by atoms with E-state index in [9.17, 15) is 13.6 Å². The normalized spacial score (nSPS) is 15.3. The fourth-order valence-electron chi connectivity index (χ4n) is 4.43. The van der Waals surface area contributed by atoms with Crippen LogP contribution in [0.5, 0.6) is 0 Å². The largest absolute Gasteiger partial charge is 0.305 e. The molecule has 4 aromatic rings. The highest BCUT2D eigenvalue weighted by Gasteiger charge is 2.34. The number of benzene rings is 3. The van der Waals surface area contributed by atoms with Crippen LogP contribution in [0.2, 0.25) is 0 Å². The van der Waals surface area contributed by atoms with Gasteiger partial charge in [0, 0.05) is 28.9 Å². The molecule has 0 unspecified atom stereocenters. The van der Waals surface area contributed by atoms with Gasteiger partial charge in [0.2, 0.25) is 0 Å². The summed E-state index contributed by atoms with van der Waals surface area (Å²) in [4.78, 5) is 20.2. The van der Waals surface area contributed by atoms with E-state index >= 15 is 0 Å². The van der Waals surface area contributed by atoms with Crippen LogP contribution in [0.3, 0.4) is 0 Å². The number of carbonyl (C=O) groups excluding carboxylic acids is 1. The standard InChI is InChI=1S/C28H24F2N4O/c1-18-15-22(13-14-23(18)27(29)30)33-17-19(2)34-26(28(33)35)24(16-31-34)32-25(20-9-5-3-6-10-20)21-11-7-4-8-12-21/h3-16,19,27H,17H2,1-2H3/t19-/m0/s1. The molecule has 0 bridgehead atoms. The second kappa shape index (κ2) is 9.25. The number of anilines is 1. The van der Waals surface area contributed by atoms with E-state index in [4.69, 9.17) is 4.99 Å². The number of carbonyl (C=O) groups is 1. The first-order valence-corrected chi connectivity index (χ1v) is 11.4. The summed E-state index contributed by atoms with van der Waals surface area (Å²) >= 11 is 0. The number of fused-ring (bicyclic) bond motifs is 1. The van der Waals surface area contributed by atoms with Gasteiger partial charge < -0.3 is 4.90 Å². The molecule has 0 spiro atoms. The molecule has 0 N–H and O–H groups in total. The van der Waals surface area contributed by atoms with Gasteiger partial charge in [0.15, 0.2) is 5.69 Å². The number of aliphatic imine (C=N–C) groups is 1. The lowest BCUT2D eigenvalue weighted by Gasteiger charge is -2.32. The molecule has 0 radical (unpaired) electrons. The molecule has 0 saturated heterocycles. The minimum absolute atomic E-state index is 0.0306. The number of halogens is 2. The van der Waals surface area contributed by atoms with Gasteiger partial charge in [-0.1, -0.05) is 66.7 Å². The van der Waals surface area contributed by atoms with E-state index in [2.05, 4.69) is 5.10 Å². The Morgan fingerprint density at radius 3 is 2.20 bits per heavy atom. The van der Waals surface area contributed by atoms with Gasteiger partial charge in [-0.15, -0.1) is 0 Å². The Kier molecular flexibility index (Phi) is 5.99. The van der Waals surface area contributed by atoms with Crippen LogP contribution in [0.15, 0.2) is 90.1 Å². The molecule has 2 heterocycles. The van der Waals surface area contributed by atoms with E-state index in [1.165, 1.54) is 6.07 Å². The van der Waals surface area contributed by atoms with E-state index in [1.807, 2.05) is 67.6 Å². The summed E-state index contributed by atoms with van der Waals surface area (Å²) in [5.74, 6) is -0.260. The Labute approximate surface area is 202 Å². The quantitative estimate of drug-likeness (QED) is 0.312. The zero-order chi connectivity index (χ0) is 24.5. The molecule has 1 aromatic heterocycles. The van der Waals surface area contributed by atoms with Crippen LogP contribution in [-0.4, -0.2) is 27.9 Å². The van der Waals surface area contributed by atoms with Crippen molar-refractivity contribution in [2.45, 2.75) is 26.3 Å². The molecule has 1 aliphatic rings. The molecule has 3 aromatic carbocycles. The molecule has 0 saturated carbocycles. The zero-order valence-electron chi connectivity index (χ0n) is 19.4. The summed E-state index contributed by atoms with van der Waals surface area (Å²) in [6.45, 7) is 3.99. The lowest BCUT2D eigenvalue weighted by Crippen LogP contribution is -2.42. The topological polar surface area (TPSA) is 50.5 Å². The number of amides is 1. The van der Waals surface area contributed by atoms with Crippen molar-refractivity contribution in [3.05, 3.63) is 113 Å². The van der Waals surface area contributed by atoms with Crippen molar-refractivity contribution >= 4 is 23.0 Å². The van der Waals surface area contributed by atoms with E-state index < -0.39 is 6.43 Å². The van der Waals surface area contributed by atoms with Crippen LogP contribution >= 0.6 is 0 Å². The van der Waals surface area contributed by atoms with Crippen LogP contribution in [-0.2, 0) is 0 Å². The number of rotatable bonds is 5. The average Bonchev–Trinajstić information content (AvgIpc) is 3.30. The number of nitrogens with zero attached hydrogens (tertiary/aromatic N) is 4. The second-order valence-electron chi connectivity index (χ2n) is 8.62. The van der Waals surface area contributed by atoms with Gasteiger partial charge in [0.05, 0.1) is 18.0 Å². The zero-order valence-corrected chi connectivity index (χ0v) is 19.4. The lowest BCUT2D eigenvalue weighted by molar-refractivity contribution is 0.0954. The van der Waals surface area contributed by atoms with Gasteiger partial charge in [0.1, 0.15) is 5.69 Å². The Bertz CT molecular complexity index is 1360. The number of hydrogen-bond donors (Lipinski definition) is 0. The Hall–Kier alpha value is -4.13. The average molecular weight is 471 g/mol. The summed E-state index contributed by atoms with van der Waals surface area (Å²) in [5.41, 5.74) is 4.42. The minimum atomic E-state index is -2.56. The predicted molar refractivity (Wildman–Crippen MR) is 133 cm³/mol. The third-order valence-corrected chi connectivity index (χ3v) is 6.22. The second-order valence-corrected chi connectivity index (χ2v) is 8.62. The first kappa shape index (κ1) is 22.7. The van der Waals surface area contributed by atoms with Crippen molar-refractivity contribution in [3.8, 4) is 0 Å². The molecule has 1 amide bonds. The molecular weight excluding hydrogens is 446 g/mol. The number of aromatic nitrogens is 2. The third-order valence-electron chi connectivity index (χ3n) is 6.22. The maximum absolute atomic E-state index is 13.7. The molecule has 0 fully saturated rings. The molecular formula is C28H24F2N4O. The van der Waals surface area contributed by atoms with Gasteiger partial charge in [-0.3, -0.25) is 9.48 Å². The summed E-state index contributed by atoms with van der Waals surface area (Å²) in [7, 11) is 0. The molecule has 35 heavy (non-hydrogen) atoms. The van der Waals surface area contributed by atoms with Crippen molar-refractivity contribution in [1.82, 2.24) is 9.78 Å². The van der Waals surface area contributed by atoms with Crippen LogP contribution in [0, 0.1) is 6.92 Å². The molecule has 176 valence electrons. The first-order valence-electron chi connectivity index (χ1n) is 11.4. The maximum Gasteiger partial charge on any atom is 0.278 e. The fourth-order valence-corrected chi connectivity index (χ4v) is 4.43. The Balaban J connectivity index is 1.60. The lowest BCUT2D eigenvalue weighted by atomic mass is 10.0. The molecule has 1 aliphatic heterocycles. The van der Waals surface area contributed by atoms with E-state index in [0.717, 1.165) is 16.8 Å². The van der Waals surface area contributed by atoms with Crippen molar-refractivity contribution in [3.63, 3.8) is 0 Å². The Morgan fingerprint density at radius 2 is 1.63 bits per heavy atom. The highest BCUT2D eigenvalue weighted by Crippen LogP contribution is 2.34. The van der Waals surface area contributed by atoms with Crippen molar-refractivity contribution < 1.29 is 13.6 Å². The van der Waals surface area contributed by atoms with Gasteiger partial charge in [0.25, 0.3) is 12.3 Å². The van der Waals surface area contributed by atoms with Crippen molar-refractivity contribution in [2.75, 3.05) is 11.4 Å². The Morgan fingerprint density at radius 1 is 1.00 bits per heavy atom. The van der Waals surface area contributed by atoms with Crippen LogP contribution < -0.4 is 4.90 Å². The van der Waals surface area contributed by atoms with E-state index in [0.29, 0.717) is 29.2 Å². The molecule has 7 heteroatoms. The van der Waals surface area contributed by atoms with Crippen molar-refractivity contribution in [1.29, 1.82) is 0 Å². The number of aryl methyl sites for hydroxylation is 1. The molecule has 5 rings (SSSR count). The molecule has 0 aliphatic carbocycles. The first-order chi connectivity index (χ1) is 16.9. The molecule has 5 nitrogen and oxygen atoms in total. The summed E-state index contributed by atoms with van der Waals surface area (Å²) in [6.07, 6.45) is -0.943. The van der Waals surface area contributed by atoms with Gasteiger partial charge in [-0.2, -0.15) is 5.10 Å². The predicted octanol–water partition coefficient (Wildman–Crippen LogP) is 6.52. The molecule has 1 atom stereocenters. The minimum Gasteiger partial charge on any atom is -0.305 e. The SMILES string of the molecule is Cc1cc(N2C[C@H](C)n3ncc(N=C(c4ccccc4)c4ccccc4)c3C2=O)ccc1C(F)F. The van der Waals surface area contributed by atoms with Gasteiger partial charge >= 0.3 is 0 Å². The highest BCUT2D eigenvalue weighted by atomic mass is 19.3. The summed E-state index contributed by atoms with van der Waals surface area (Å²) in [5, 5.41) is 4.47. The summed E-state index contributed by atoms with van der Waals surface area (Å²) < 4.78 is 28.2. The van der Waals surface area contributed by atoms with Gasteiger partial charge in [-0.05, 0) is 31.5 Å². The third kappa shape index (κ3) is 4.25. The number of alkyl halides is 2. The number of hydrogen-bond acceptors (Lipinski definition) is 3. The smallest absolute Gasteiger partial charge is 0.278 e. The fraction of sp³-hybridized carbons (Fsp3) is 0.179.